The van der Waals surface area contributed by atoms with Gasteiger partial charge in [-0.1, -0.05) is 19.3 Å². The molecular weight excluding hydrogens is 314 g/mol. The number of guanidine groups is 1. The van der Waals surface area contributed by atoms with Crippen LogP contribution in [0.15, 0.2) is 4.99 Å². The van der Waals surface area contributed by atoms with Crippen molar-refractivity contribution in [1.29, 1.82) is 0 Å². The molecule has 1 saturated carbocycles. The van der Waals surface area contributed by atoms with Gasteiger partial charge in [0.25, 0.3) is 0 Å². The smallest absolute Gasteiger partial charge is 0.193 e. The number of piperidine rings is 1. The fourth-order valence-electron chi connectivity index (χ4n) is 3.89. The molecule has 0 radical (unpaired) electrons. The average molecular weight is 354 g/mol. The van der Waals surface area contributed by atoms with Crippen molar-refractivity contribution in [3.05, 3.63) is 0 Å². The average Bonchev–Trinajstić information content (AvgIpc) is 2.66. The van der Waals surface area contributed by atoms with Gasteiger partial charge in [-0.25, -0.2) is 0 Å². The standard InChI is InChI=1S/C20H39N3O2/c1-3-24-19-12-15-23(16-13-19)20(21-2)22-14-8-5-9-17-25-18-10-6-4-7-11-18/h18-19H,3-17H2,1-2H3,(H,21,22). The van der Waals surface area contributed by atoms with E-state index in [1.54, 1.807) is 0 Å². The first-order valence-electron chi connectivity index (χ1n) is 10.5. The van der Waals surface area contributed by atoms with Crippen LogP contribution in [0.25, 0.3) is 0 Å². The lowest BCUT2D eigenvalue weighted by Crippen LogP contribution is -2.47. The summed E-state index contributed by atoms with van der Waals surface area (Å²) < 4.78 is 11.7. The van der Waals surface area contributed by atoms with Gasteiger partial charge >= 0.3 is 0 Å². The van der Waals surface area contributed by atoms with E-state index in [4.69, 9.17) is 9.47 Å². The van der Waals surface area contributed by atoms with Gasteiger partial charge in [-0.15, -0.1) is 0 Å². The molecule has 0 aromatic rings. The molecule has 0 bridgehead atoms. The van der Waals surface area contributed by atoms with Gasteiger partial charge in [0.05, 0.1) is 12.2 Å². The Kier molecular flexibility index (Phi) is 10.3. The van der Waals surface area contributed by atoms with Crippen LogP contribution >= 0.6 is 0 Å². The van der Waals surface area contributed by atoms with Crippen LogP contribution in [0.2, 0.25) is 0 Å². The van der Waals surface area contributed by atoms with Crippen LogP contribution in [0.4, 0.5) is 0 Å². The number of likely N-dealkylation sites (tertiary alicyclic amines) is 1. The Morgan fingerprint density at radius 2 is 1.68 bits per heavy atom. The van der Waals surface area contributed by atoms with Crippen molar-refractivity contribution in [1.82, 2.24) is 10.2 Å². The van der Waals surface area contributed by atoms with E-state index in [1.165, 1.54) is 51.4 Å². The molecule has 146 valence electrons. The first kappa shape index (κ1) is 20.5. The Bertz CT molecular complexity index is 362. The monoisotopic (exact) mass is 353 g/mol. The molecule has 0 amide bonds. The number of hydrogen-bond acceptors (Lipinski definition) is 3. The first-order valence-corrected chi connectivity index (χ1v) is 10.5. The quantitative estimate of drug-likeness (QED) is 0.391. The van der Waals surface area contributed by atoms with Crippen LogP contribution in [0.1, 0.15) is 71.1 Å². The van der Waals surface area contributed by atoms with Gasteiger partial charge in [-0.2, -0.15) is 0 Å². The molecule has 1 aliphatic carbocycles. The maximum absolute atomic E-state index is 5.99. The van der Waals surface area contributed by atoms with Gasteiger partial charge in [0.2, 0.25) is 0 Å². The number of aliphatic imine (C=N–C) groups is 1. The summed E-state index contributed by atoms with van der Waals surface area (Å²) in [6, 6.07) is 0. The summed E-state index contributed by atoms with van der Waals surface area (Å²) in [5.41, 5.74) is 0. The molecule has 0 unspecified atom stereocenters. The molecule has 1 N–H and O–H groups in total. The van der Waals surface area contributed by atoms with E-state index < -0.39 is 0 Å². The minimum Gasteiger partial charge on any atom is -0.378 e. The number of nitrogens with zero attached hydrogens (tertiary/aromatic N) is 2. The Morgan fingerprint density at radius 1 is 0.960 bits per heavy atom. The summed E-state index contributed by atoms with van der Waals surface area (Å²) in [5.74, 6) is 1.05. The zero-order valence-corrected chi connectivity index (χ0v) is 16.5. The van der Waals surface area contributed by atoms with E-state index in [9.17, 15) is 0 Å². The third kappa shape index (κ3) is 7.95. The molecule has 2 rings (SSSR count). The summed E-state index contributed by atoms with van der Waals surface area (Å²) >= 11 is 0. The third-order valence-electron chi connectivity index (χ3n) is 5.37. The Balaban J connectivity index is 1.48. The van der Waals surface area contributed by atoms with Gasteiger partial charge in [0.15, 0.2) is 5.96 Å². The highest BCUT2D eigenvalue weighted by Crippen LogP contribution is 2.20. The van der Waals surface area contributed by atoms with Crippen molar-refractivity contribution in [3.63, 3.8) is 0 Å². The number of nitrogens with one attached hydrogen (secondary N) is 1. The molecule has 1 saturated heterocycles. The highest BCUT2D eigenvalue weighted by Gasteiger charge is 2.21. The normalized spacial score (nSPS) is 20.9. The van der Waals surface area contributed by atoms with E-state index in [0.717, 1.165) is 51.6 Å². The predicted molar refractivity (Wildman–Crippen MR) is 104 cm³/mol. The zero-order chi connectivity index (χ0) is 17.7. The van der Waals surface area contributed by atoms with Gasteiger partial charge in [0, 0.05) is 39.9 Å². The lowest BCUT2D eigenvalue weighted by atomic mass is 9.98. The molecular formula is C20H39N3O2. The Hall–Kier alpha value is -0.810. The predicted octanol–water partition coefficient (Wildman–Crippen LogP) is 3.58. The van der Waals surface area contributed by atoms with Crippen LogP contribution in [-0.2, 0) is 9.47 Å². The van der Waals surface area contributed by atoms with E-state index in [2.05, 4.69) is 22.1 Å². The highest BCUT2D eigenvalue weighted by atomic mass is 16.5. The number of hydrogen-bond donors (Lipinski definition) is 1. The summed E-state index contributed by atoms with van der Waals surface area (Å²) in [6.45, 7) is 6.92. The van der Waals surface area contributed by atoms with E-state index in [1.807, 2.05) is 7.05 Å². The van der Waals surface area contributed by atoms with Crippen molar-refractivity contribution < 1.29 is 9.47 Å². The molecule has 1 heterocycles. The molecule has 0 spiro atoms. The van der Waals surface area contributed by atoms with Crippen LogP contribution in [0, 0.1) is 0 Å². The van der Waals surface area contributed by atoms with E-state index in [-0.39, 0.29) is 0 Å². The van der Waals surface area contributed by atoms with Crippen LogP contribution in [0.3, 0.4) is 0 Å². The molecule has 25 heavy (non-hydrogen) atoms. The largest absolute Gasteiger partial charge is 0.378 e. The summed E-state index contributed by atoms with van der Waals surface area (Å²) in [5, 5.41) is 3.52. The second-order valence-corrected chi connectivity index (χ2v) is 7.31. The fraction of sp³-hybridized carbons (Fsp3) is 0.950. The molecule has 2 aliphatic rings. The topological polar surface area (TPSA) is 46.1 Å². The SMILES string of the molecule is CCOC1CCN(C(=NC)NCCCCCOC2CCCCC2)CC1. The van der Waals surface area contributed by atoms with Crippen molar-refractivity contribution in [3.8, 4) is 0 Å². The molecule has 2 fully saturated rings. The van der Waals surface area contributed by atoms with Crippen molar-refractivity contribution >= 4 is 5.96 Å². The minimum absolute atomic E-state index is 0.434. The molecule has 0 aromatic carbocycles. The number of ether oxygens (including phenoxy) is 2. The van der Waals surface area contributed by atoms with Crippen LogP contribution in [0.5, 0.6) is 0 Å². The van der Waals surface area contributed by atoms with Gasteiger partial charge in [-0.3, -0.25) is 4.99 Å². The lowest BCUT2D eigenvalue weighted by molar-refractivity contribution is 0.0261. The summed E-state index contributed by atoms with van der Waals surface area (Å²) in [7, 11) is 1.88. The molecule has 5 nitrogen and oxygen atoms in total. The summed E-state index contributed by atoms with van der Waals surface area (Å²) in [4.78, 5) is 6.81. The van der Waals surface area contributed by atoms with Gasteiger partial charge in [-0.05, 0) is 51.9 Å². The van der Waals surface area contributed by atoms with Gasteiger partial charge in [0.1, 0.15) is 0 Å². The first-order chi connectivity index (χ1) is 12.3. The zero-order valence-electron chi connectivity index (χ0n) is 16.5. The molecule has 1 aliphatic heterocycles. The summed E-state index contributed by atoms with van der Waals surface area (Å²) in [6.07, 6.45) is 13.4. The van der Waals surface area contributed by atoms with Crippen LogP contribution < -0.4 is 5.32 Å². The molecule has 5 heteroatoms. The number of unbranched alkanes of at least 4 members (excludes halogenated alkanes) is 2. The minimum atomic E-state index is 0.434. The van der Waals surface area contributed by atoms with Crippen molar-refractivity contribution in [2.24, 2.45) is 4.99 Å². The van der Waals surface area contributed by atoms with Crippen molar-refractivity contribution in [2.45, 2.75) is 83.3 Å². The van der Waals surface area contributed by atoms with E-state index >= 15 is 0 Å². The molecule has 0 atom stereocenters. The number of rotatable bonds is 9. The fourth-order valence-corrected chi connectivity index (χ4v) is 3.89. The maximum Gasteiger partial charge on any atom is 0.193 e. The second-order valence-electron chi connectivity index (χ2n) is 7.31. The van der Waals surface area contributed by atoms with E-state index in [0.29, 0.717) is 12.2 Å². The molecule has 0 aromatic heterocycles. The maximum atomic E-state index is 5.99. The second kappa shape index (κ2) is 12.5. The Labute approximate surface area is 154 Å². The highest BCUT2D eigenvalue weighted by molar-refractivity contribution is 5.79. The Morgan fingerprint density at radius 3 is 2.36 bits per heavy atom. The van der Waals surface area contributed by atoms with Gasteiger partial charge < -0.3 is 19.7 Å². The third-order valence-corrected chi connectivity index (χ3v) is 5.37. The van der Waals surface area contributed by atoms with Crippen molar-refractivity contribution in [2.75, 3.05) is 39.9 Å². The lowest BCUT2D eigenvalue weighted by Gasteiger charge is -2.34. The van der Waals surface area contributed by atoms with Crippen LogP contribution in [-0.4, -0.2) is 63.0 Å².